The van der Waals surface area contributed by atoms with Crippen molar-refractivity contribution in [1.29, 1.82) is 0 Å². The van der Waals surface area contributed by atoms with Crippen molar-refractivity contribution in [2.45, 2.75) is 24.7 Å². The fraction of sp³-hybridized carbons (Fsp3) is 0.333. The van der Waals surface area contributed by atoms with Crippen LogP contribution in [0.3, 0.4) is 0 Å². The van der Waals surface area contributed by atoms with Crippen molar-refractivity contribution in [2.24, 2.45) is 0 Å². The van der Waals surface area contributed by atoms with Crippen molar-refractivity contribution in [3.8, 4) is 11.5 Å². The van der Waals surface area contributed by atoms with Crippen LogP contribution in [0, 0.1) is 0 Å². The van der Waals surface area contributed by atoms with Gasteiger partial charge in [0.2, 0.25) is 6.79 Å². The molecule has 2 aliphatic rings. The molecule has 0 unspecified atom stereocenters. The number of carbonyl (C=O) groups is 2. The first-order valence-corrected chi connectivity index (χ1v) is 10.8. The molecule has 3 aromatic rings. The third-order valence-corrected chi connectivity index (χ3v) is 6.40. The van der Waals surface area contributed by atoms with Crippen LogP contribution in [0.5, 0.6) is 11.5 Å². The topological polar surface area (TPSA) is 105 Å². The molecule has 0 spiro atoms. The minimum atomic E-state index is -0.797. The number of amides is 1. The number of likely N-dealkylation sites (N-methyl/N-ethyl adjacent to an activating group) is 2. The van der Waals surface area contributed by atoms with Gasteiger partial charge >= 0.3 is 5.97 Å². The van der Waals surface area contributed by atoms with Crippen LogP contribution in [0.2, 0.25) is 0 Å². The van der Waals surface area contributed by atoms with Crippen LogP contribution in [0.4, 0.5) is 0 Å². The van der Waals surface area contributed by atoms with E-state index in [4.69, 9.17) is 14.2 Å². The highest BCUT2D eigenvalue weighted by molar-refractivity contribution is 5.92. The van der Waals surface area contributed by atoms with Gasteiger partial charge in [0.15, 0.2) is 11.5 Å². The Bertz CT molecular complexity index is 1220. The van der Waals surface area contributed by atoms with Gasteiger partial charge in [-0.2, -0.15) is 0 Å². The summed E-state index contributed by atoms with van der Waals surface area (Å²) in [5, 5.41) is 6.99. The number of aromatic amines is 1. The van der Waals surface area contributed by atoms with E-state index >= 15 is 0 Å². The average Bonchev–Trinajstić information content (AvgIpc) is 3.46. The first-order chi connectivity index (χ1) is 16.1. The lowest BCUT2D eigenvalue weighted by Gasteiger charge is -2.42. The summed E-state index contributed by atoms with van der Waals surface area (Å²) in [6, 6.07) is 12.2. The maximum Gasteiger partial charge on any atom is 0.328 e. The van der Waals surface area contributed by atoms with Crippen LogP contribution in [0.15, 0.2) is 42.5 Å². The van der Waals surface area contributed by atoms with Gasteiger partial charge in [-0.1, -0.05) is 24.3 Å². The van der Waals surface area contributed by atoms with Crippen molar-refractivity contribution in [1.82, 2.24) is 20.5 Å². The summed E-state index contributed by atoms with van der Waals surface area (Å²) in [6.07, 6.45) is -0.335. The number of rotatable bonds is 5. The molecule has 0 saturated heterocycles. The molecule has 3 N–H and O–H groups in total. The number of H-pyrrole nitrogens is 1. The van der Waals surface area contributed by atoms with Gasteiger partial charge in [-0.3, -0.25) is 15.4 Å². The number of para-hydroxylation sites is 1. The van der Waals surface area contributed by atoms with E-state index < -0.39 is 24.2 Å². The van der Waals surface area contributed by atoms with E-state index in [0.29, 0.717) is 17.9 Å². The van der Waals surface area contributed by atoms with Crippen molar-refractivity contribution in [3.05, 3.63) is 59.3 Å². The molecule has 2 atom stereocenters. The molecule has 33 heavy (non-hydrogen) atoms. The van der Waals surface area contributed by atoms with Gasteiger partial charge in [0, 0.05) is 23.0 Å². The lowest BCUT2D eigenvalue weighted by Crippen LogP contribution is -2.59. The zero-order valence-corrected chi connectivity index (χ0v) is 18.7. The lowest BCUT2D eigenvalue weighted by atomic mass is 9.87. The second-order valence-electron chi connectivity index (χ2n) is 8.08. The highest BCUT2D eigenvalue weighted by Crippen LogP contribution is 2.44. The lowest BCUT2D eigenvalue weighted by molar-refractivity contribution is -0.156. The van der Waals surface area contributed by atoms with Crippen LogP contribution in [0.25, 0.3) is 10.9 Å². The molecule has 3 heterocycles. The minimum absolute atomic E-state index is 0.149. The van der Waals surface area contributed by atoms with E-state index in [1.165, 1.54) is 7.11 Å². The zero-order chi connectivity index (χ0) is 23.1. The van der Waals surface area contributed by atoms with Crippen molar-refractivity contribution in [3.63, 3.8) is 0 Å². The molecule has 0 radical (unpaired) electrons. The van der Waals surface area contributed by atoms with E-state index in [2.05, 4.69) is 15.6 Å². The predicted molar refractivity (Wildman–Crippen MR) is 121 cm³/mol. The summed E-state index contributed by atoms with van der Waals surface area (Å²) in [4.78, 5) is 31.9. The highest BCUT2D eigenvalue weighted by Gasteiger charge is 2.45. The minimum Gasteiger partial charge on any atom is -0.467 e. The Kier molecular flexibility index (Phi) is 5.43. The van der Waals surface area contributed by atoms with E-state index in [1.54, 1.807) is 19.0 Å². The van der Waals surface area contributed by atoms with Crippen LogP contribution < -0.4 is 20.1 Å². The second-order valence-corrected chi connectivity index (χ2v) is 8.08. The molecule has 5 rings (SSSR count). The fourth-order valence-electron chi connectivity index (χ4n) is 4.85. The highest BCUT2D eigenvalue weighted by atomic mass is 16.7. The summed E-state index contributed by atoms with van der Waals surface area (Å²) in [5.41, 5.74) is 3.62. The first-order valence-electron chi connectivity index (χ1n) is 10.8. The maximum atomic E-state index is 13.8. The number of benzene rings is 2. The number of methoxy groups -OCH3 is 1. The first kappa shape index (κ1) is 21.3. The Labute approximate surface area is 191 Å². The Morgan fingerprint density at radius 3 is 2.64 bits per heavy atom. The number of fused-ring (bicyclic) bond motifs is 4. The van der Waals surface area contributed by atoms with Gasteiger partial charge in [0.25, 0.3) is 5.91 Å². The van der Waals surface area contributed by atoms with Gasteiger partial charge in [-0.25, -0.2) is 4.79 Å². The summed E-state index contributed by atoms with van der Waals surface area (Å²) >= 11 is 0. The summed E-state index contributed by atoms with van der Waals surface area (Å²) in [7, 11) is 4.74. The van der Waals surface area contributed by atoms with Crippen LogP contribution >= 0.6 is 0 Å². The number of aromatic nitrogens is 1. The molecule has 172 valence electrons. The second kappa shape index (κ2) is 8.42. The van der Waals surface area contributed by atoms with Crippen molar-refractivity contribution < 1.29 is 23.8 Å². The number of esters is 1. The van der Waals surface area contributed by atoms with E-state index in [1.807, 2.05) is 42.5 Å². The summed E-state index contributed by atoms with van der Waals surface area (Å²) in [5.74, 6) is 0.534. The van der Waals surface area contributed by atoms with Crippen molar-refractivity contribution >= 4 is 22.8 Å². The number of ether oxygens (including phenoxy) is 3. The summed E-state index contributed by atoms with van der Waals surface area (Å²) < 4.78 is 16.2. The van der Waals surface area contributed by atoms with Crippen LogP contribution in [-0.2, 0) is 20.7 Å². The Morgan fingerprint density at radius 1 is 1.12 bits per heavy atom. The third kappa shape index (κ3) is 3.40. The Balaban J connectivity index is 1.74. The monoisotopic (exact) mass is 450 g/mol. The van der Waals surface area contributed by atoms with E-state index in [-0.39, 0.29) is 12.7 Å². The van der Waals surface area contributed by atoms with Gasteiger partial charge in [0.1, 0.15) is 12.2 Å². The largest absolute Gasteiger partial charge is 0.467 e. The van der Waals surface area contributed by atoms with Crippen LogP contribution in [-0.4, -0.2) is 62.0 Å². The predicted octanol–water partition coefficient (Wildman–Crippen LogP) is 1.68. The molecule has 1 amide bonds. The number of nitrogens with one attached hydrogen (secondary N) is 3. The molecule has 2 aromatic carbocycles. The molecule has 0 aliphatic carbocycles. The van der Waals surface area contributed by atoms with E-state index in [9.17, 15) is 9.59 Å². The molecule has 9 heteroatoms. The van der Waals surface area contributed by atoms with E-state index in [0.717, 1.165) is 27.7 Å². The number of hydrogen-bond donors (Lipinski definition) is 3. The van der Waals surface area contributed by atoms with Crippen molar-refractivity contribution in [2.75, 3.05) is 28.0 Å². The number of carbonyl (C=O) groups excluding carboxylic acids is 2. The van der Waals surface area contributed by atoms with Gasteiger partial charge in [-0.15, -0.1) is 0 Å². The molecule has 2 aliphatic heterocycles. The fourth-order valence-corrected chi connectivity index (χ4v) is 4.85. The SMILES string of the molecule is CNC(NC)C(=O)N1[C@H](c2ccc3c(c2)OCO3)c2[nH]c3ccccc3c2C[C@@H]1C(=O)OC. The standard InChI is InChI=1S/C24H26N4O5/c1-25-22(26-2)23(29)28-17(24(30)31-3)11-15-14-6-4-5-7-16(14)27-20(15)21(28)13-8-9-18-19(10-13)33-12-32-18/h4-10,17,21-22,25-27H,11-12H2,1-3H3/t17-,21-/m1/s1. The molecule has 0 bridgehead atoms. The zero-order valence-electron chi connectivity index (χ0n) is 18.7. The molecular weight excluding hydrogens is 424 g/mol. The van der Waals surface area contributed by atoms with Gasteiger partial charge < -0.3 is 24.1 Å². The Morgan fingerprint density at radius 2 is 1.88 bits per heavy atom. The average molecular weight is 450 g/mol. The number of hydrogen-bond acceptors (Lipinski definition) is 7. The van der Waals surface area contributed by atoms with Crippen LogP contribution in [0.1, 0.15) is 22.9 Å². The number of nitrogens with zero attached hydrogens (tertiary/aromatic N) is 1. The molecule has 0 fully saturated rings. The third-order valence-electron chi connectivity index (χ3n) is 6.40. The quantitative estimate of drug-likeness (QED) is 0.401. The molecule has 0 saturated carbocycles. The Hall–Kier alpha value is -3.56. The molecular formula is C24H26N4O5. The van der Waals surface area contributed by atoms with Gasteiger partial charge in [-0.05, 0) is 43.4 Å². The molecule has 1 aromatic heterocycles. The molecule has 9 nitrogen and oxygen atoms in total. The smallest absolute Gasteiger partial charge is 0.328 e. The normalized spacial score (nSPS) is 19.1. The summed E-state index contributed by atoms with van der Waals surface area (Å²) in [6.45, 7) is 0.149. The maximum absolute atomic E-state index is 13.8. The van der Waals surface area contributed by atoms with Gasteiger partial charge in [0.05, 0.1) is 13.2 Å².